The SMILES string of the molecule is COc1ccc(NC(=O)Nc2cccc3cccnc23)cc1C(=O)NCCCN. The summed E-state index contributed by atoms with van der Waals surface area (Å²) in [5.41, 5.74) is 7.52. The number of benzene rings is 2. The monoisotopic (exact) mass is 393 g/mol. The van der Waals surface area contributed by atoms with Crippen LogP contribution in [0.25, 0.3) is 10.9 Å². The van der Waals surface area contributed by atoms with Gasteiger partial charge in [-0.2, -0.15) is 0 Å². The highest BCUT2D eigenvalue weighted by atomic mass is 16.5. The number of methoxy groups -OCH3 is 1. The van der Waals surface area contributed by atoms with E-state index >= 15 is 0 Å². The van der Waals surface area contributed by atoms with Crippen LogP contribution in [0.2, 0.25) is 0 Å². The number of rotatable bonds is 7. The van der Waals surface area contributed by atoms with Gasteiger partial charge in [0, 0.05) is 23.8 Å². The van der Waals surface area contributed by atoms with Gasteiger partial charge in [-0.3, -0.25) is 9.78 Å². The van der Waals surface area contributed by atoms with Crippen molar-refractivity contribution in [3.63, 3.8) is 0 Å². The molecule has 8 heteroatoms. The number of fused-ring (bicyclic) bond motifs is 1. The van der Waals surface area contributed by atoms with Crippen LogP contribution in [-0.4, -0.2) is 37.1 Å². The minimum Gasteiger partial charge on any atom is -0.496 e. The van der Waals surface area contributed by atoms with Crippen molar-refractivity contribution in [1.29, 1.82) is 0 Å². The van der Waals surface area contributed by atoms with Gasteiger partial charge in [0.1, 0.15) is 5.75 Å². The van der Waals surface area contributed by atoms with Gasteiger partial charge in [-0.1, -0.05) is 18.2 Å². The Morgan fingerprint density at radius 1 is 1.10 bits per heavy atom. The lowest BCUT2D eigenvalue weighted by Crippen LogP contribution is -2.26. The molecule has 8 nitrogen and oxygen atoms in total. The van der Waals surface area contributed by atoms with Gasteiger partial charge in [-0.25, -0.2) is 4.79 Å². The van der Waals surface area contributed by atoms with Crippen LogP contribution in [0.4, 0.5) is 16.2 Å². The van der Waals surface area contributed by atoms with E-state index < -0.39 is 6.03 Å². The molecule has 1 aromatic heterocycles. The molecule has 0 atom stereocenters. The Labute approximate surface area is 168 Å². The molecule has 1 heterocycles. The molecule has 0 aliphatic carbocycles. The zero-order chi connectivity index (χ0) is 20.6. The van der Waals surface area contributed by atoms with Gasteiger partial charge in [-0.05, 0) is 43.3 Å². The average Bonchev–Trinajstić information content (AvgIpc) is 2.74. The van der Waals surface area contributed by atoms with Crippen LogP contribution in [0, 0.1) is 0 Å². The number of nitrogens with one attached hydrogen (secondary N) is 3. The third-order valence-corrected chi connectivity index (χ3v) is 4.25. The Balaban J connectivity index is 1.74. The Morgan fingerprint density at radius 3 is 2.72 bits per heavy atom. The summed E-state index contributed by atoms with van der Waals surface area (Å²) < 4.78 is 5.25. The Bertz CT molecular complexity index is 1020. The second-order valence-corrected chi connectivity index (χ2v) is 6.27. The van der Waals surface area contributed by atoms with Gasteiger partial charge in [0.15, 0.2) is 0 Å². The lowest BCUT2D eigenvalue weighted by molar-refractivity contribution is 0.0950. The number of nitrogens with two attached hydrogens (primary N) is 1. The van der Waals surface area contributed by atoms with Crippen molar-refractivity contribution in [2.75, 3.05) is 30.8 Å². The van der Waals surface area contributed by atoms with Crippen LogP contribution >= 0.6 is 0 Å². The van der Waals surface area contributed by atoms with Crippen LogP contribution in [-0.2, 0) is 0 Å². The summed E-state index contributed by atoms with van der Waals surface area (Å²) in [5.74, 6) is 0.122. The molecule has 0 aliphatic heterocycles. The maximum atomic E-state index is 12.5. The van der Waals surface area contributed by atoms with Crippen LogP contribution in [0.5, 0.6) is 5.75 Å². The predicted octanol–water partition coefficient (Wildman–Crippen LogP) is 2.97. The lowest BCUT2D eigenvalue weighted by Gasteiger charge is -2.13. The van der Waals surface area contributed by atoms with Crippen molar-refractivity contribution in [1.82, 2.24) is 10.3 Å². The fraction of sp³-hybridized carbons (Fsp3) is 0.190. The van der Waals surface area contributed by atoms with Crippen LogP contribution in [0.3, 0.4) is 0 Å². The fourth-order valence-electron chi connectivity index (χ4n) is 2.85. The molecule has 0 saturated heterocycles. The van der Waals surface area contributed by atoms with Gasteiger partial charge in [0.25, 0.3) is 5.91 Å². The van der Waals surface area contributed by atoms with Crippen molar-refractivity contribution < 1.29 is 14.3 Å². The number of hydrogen-bond donors (Lipinski definition) is 4. The number of urea groups is 1. The first-order chi connectivity index (χ1) is 14.1. The summed E-state index contributed by atoms with van der Waals surface area (Å²) in [5, 5.41) is 9.23. The topological polar surface area (TPSA) is 118 Å². The zero-order valence-corrected chi connectivity index (χ0v) is 16.1. The van der Waals surface area contributed by atoms with Crippen molar-refractivity contribution >= 4 is 34.2 Å². The quantitative estimate of drug-likeness (QED) is 0.460. The minimum atomic E-state index is -0.442. The molecule has 0 aliphatic rings. The molecule has 3 aromatic rings. The standard InChI is InChI=1S/C21H23N5O3/c1-29-18-9-8-15(13-16(18)20(27)24-12-4-10-22)25-21(28)26-17-7-2-5-14-6-3-11-23-19(14)17/h2-3,5-9,11,13H,4,10,12,22H2,1H3,(H,24,27)(H2,25,26,28). The van der Waals surface area contributed by atoms with Crippen molar-refractivity contribution in [3.05, 3.63) is 60.3 Å². The molecular weight excluding hydrogens is 370 g/mol. The Morgan fingerprint density at radius 2 is 1.93 bits per heavy atom. The molecular formula is C21H23N5O3. The van der Waals surface area contributed by atoms with Crippen LogP contribution in [0.15, 0.2) is 54.7 Å². The normalized spacial score (nSPS) is 10.4. The molecule has 2 aromatic carbocycles. The zero-order valence-electron chi connectivity index (χ0n) is 16.1. The molecule has 0 fully saturated rings. The number of carbonyl (C=O) groups is 2. The maximum Gasteiger partial charge on any atom is 0.323 e. The number of amides is 3. The number of hydrogen-bond acceptors (Lipinski definition) is 5. The Hall–Kier alpha value is -3.65. The molecule has 5 N–H and O–H groups in total. The Kier molecular flexibility index (Phi) is 6.59. The first kappa shape index (κ1) is 20.1. The van der Waals surface area contributed by atoms with Crippen LogP contribution < -0.4 is 26.4 Å². The fourth-order valence-corrected chi connectivity index (χ4v) is 2.85. The minimum absolute atomic E-state index is 0.294. The first-order valence-electron chi connectivity index (χ1n) is 9.20. The molecule has 0 radical (unpaired) electrons. The van der Waals surface area contributed by atoms with Gasteiger partial charge in [0.05, 0.1) is 23.9 Å². The molecule has 0 unspecified atom stereocenters. The second-order valence-electron chi connectivity index (χ2n) is 6.27. The van der Waals surface area contributed by atoms with Gasteiger partial charge < -0.3 is 26.4 Å². The highest BCUT2D eigenvalue weighted by Crippen LogP contribution is 2.24. The molecule has 150 valence electrons. The number of ether oxygens (including phenoxy) is 1. The first-order valence-corrected chi connectivity index (χ1v) is 9.20. The summed E-state index contributed by atoms with van der Waals surface area (Å²) in [6, 6.07) is 13.7. The van der Waals surface area contributed by atoms with E-state index in [0.29, 0.717) is 47.7 Å². The van der Waals surface area contributed by atoms with E-state index in [1.807, 2.05) is 24.3 Å². The highest BCUT2D eigenvalue weighted by molar-refractivity contribution is 6.06. The van der Waals surface area contributed by atoms with Gasteiger partial charge >= 0.3 is 6.03 Å². The number of para-hydroxylation sites is 1. The number of nitrogens with zero attached hydrogens (tertiary/aromatic N) is 1. The van der Waals surface area contributed by atoms with Crippen molar-refractivity contribution in [2.24, 2.45) is 5.73 Å². The molecule has 3 rings (SSSR count). The summed E-state index contributed by atoms with van der Waals surface area (Å²) in [6.45, 7) is 0.951. The van der Waals surface area contributed by atoms with E-state index in [9.17, 15) is 9.59 Å². The average molecular weight is 393 g/mol. The second kappa shape index (κ2) is 9.52. The van der Waals surface area contributed by atoms with Crippen LogP contribution in [0.1, 0.15) is 16.8 Å². The van der Waals surface area contributed by atoms with E-state index in [2.05, 4.69) is 20.9 Å². The molecule has 3 amide bonds. The van der Waals surface area contributed by atoms with E-state index in [0.717, 1.165) is 5.39 Å². The number of carbonyl (C=O) groups excluding carboxylic acids is 2. The smallest absolute Gasteiger partial charge is 0.323 e. The maximum absolute atomic E-state index is 12.5. The molecule has 0 saturated carbocycles. The van der Waals surface area contributed by atoms with Crippen molar-refractivity contribution in [3.8, 4) is 5.75 Å². The van der Waals surface area contributed by atoms with E-state index in [-0.39, 0.29) is 5.91 Å². The molecule has 0 bridgehead atoms. The molecule has 0 spiro atoms. The summed E-state index contributed by atoms with van der Waals surface area (Å²) in [6.07, 6.45) is 2.35. The number of anilines is 2. The highest BCUT2D eigenvalue weighted by Gasteiger charge is 2.14. The van der Waals surface area contributed by atoms with E-state index in [1.165, 1.54) is 7.11 Å². The van der Waals surface area contributed by atoms with E-state index in [1.54, 1.807) is 30.5 Å². The third kappa shape index (κ3) is 4.99. The third-order valence-electron chi connectivity index (χ3n) is 4.25. The predicted molar refractivity (Wildman–Crippen MR) is 113 cm³/mol. The summed E-state index contributed by atoms with van der Waals surface area (Å²) in [7, 11) is 1.49. The van der Waals surface area contributed by atoms with E-state index in [4.69, 9.17) is 10.5 Å². The summed E-state index contributed by atoms with van der Waals surface area (Å²) in [4.78, 5) is 29.2. The lowest BCUT2D eigenvalue weighted by atomic mass is 10.1. The number of pyridine rings is 1. The van der Waals surface area contributed by atoms with Crippen molar-refractivity contribution in [2.45, 2.75) is 6.42 Å². The largest absolute Gasteiger partial charge is 0.496 e. The number of aromatic nitrogens is 1. The van der Waals surface area contributed by atoms with Gasteiger partial charge in [-0.15, -0.1) is 0 Å². The summed E-state index contributed by atoms with van der Waals surface area (Å²) >= 11 is 0. The molecule has 29 heavy (non-hydrogen) atoms. The van der Waals surface area contributed by atoms with Gasteiger partial charge in [0.2, 0.25) is 0 Å².